The standard InChI is InChI=1S/C24H34N2O5/c1-14(26-23(28)24-10-15-5-16(11-24)7-17(6-15)12-24)22(27)25-13-18-8-20(30-3)21(31-4)9-19(18)29-2/h8-9,14-17H,5-7,10-13H2,1-4H3,(H,25,27)(H,26,28)/t14-,15?,16?,17?,24?/m0/s1. The predicted molar refractivity (Wildman–Crippen MR) is 116 cm³/mol. The number of nitrogens with one attached hydrogen (secondary N) is 2. The average Bonchev–Trinajstić information content (AvgIpc) is 2.75. The Kier molecular flexibility index (Phi) is 6.04. The Labute approximate surface area is 184 Å². The van der Waals surface area contributed by atoms with Gasteiger partial charge in [0.15, 0.2) is 11.5 Å². The van der Waals surface area contributed by atoms with Gasteiger partial charge in [-0.15, -0.1) is 0 Å². The fourth-order valence-corrected chi connectivity index (χ4v) is 6.37. The van der Waals surface area contributed by atoms with Gasteiger partial charge in [0.25, 0.3) is 0 Å². The molecule has 4 bridgehead atoms. The van der Waals surface area contributed by atoms with Crippen molar-refractivity contribution < 1.29 is 23.8 Å². The van der Waals surface area contributed by atoms with Gasteiger partial charge in [-0.25, -0.2) is 0 Å². The van der Waals surface area contributed by atoms with Crippen LogP contribution in [0.5, 0.6) is 17.2 Å². The van der Waals surface area contributed by atoms with E-state index < -0.39 is 6.04 Å². The summed E-state index contributed by atoms with van der Waals surface area (Å²) in [6, 6.07) is 2.93. The van der Waals surface area contributed by atoms with Crippen molar-refractivity contribution in [2.75, 3.05) is 21.3 Å². The first-order valence-corrected chi connectivity index (χ1v) is 11.2. The van der Waals surface area contributed by atoms with Crippen molar-refractivity contribution in [3.63, 3.8) is 0 Å². The van der Waals surface area contributed by atoms with Gasteiger partial charge in [-0.05, 0) is 69.3 Å². The first-order valence-electron chi connectivity index (χ1n) is 11.2. The van der Waals surface area contributed by atoms with E-state index in [0.29, 0.717) is 35.0 Å². The maximum absolute atomic E-state index is 13.2. The Morgan fingerprint density at radius 1 is 0.935 bits per heavy atom. The zero-order valence-corrected chi connectivity index (χ0v) is 19.0. The van der Waals surface area contributed by atoms with Gasteiger partial charge in [0.05, 0.1) is 21.3 Å². The van der Waals surface area contributed by atoms with Crippen LogP contribution in [0.25, 0.3) is 0 Å². The quantitative estimate of drug-likeness (QED) is 0.662. The summed E-state index contributed by atoms with van der Waals surface area (Å²) in [4.78, 5) is 25.9. The second kappa shape index (κ2) is 8.60. The minimum atomic E-state index is -0.591. The van der Waals surface area contributed by atoms with E-state index >= 15 is 0 Å². The molecule has 7 heteroatoms. The smallest absolute Gasteiger partial charge is 0.242 e. The number of carbonyl (C=O) groups excluding carboxylic acids is 2. The Morgan fingerprint density at radius 3 is 1.97 bits per heavy atom. The molecule has 4 saturated carbocycles. The molecule has 0 radical (unpaired) electrons. The van der Waals surface area contributed by atoms with Crippen molar-refractivity contribution in [1.82, 2.24) is 10.6 Å². The number of ether oxygens (including phenoxy) is 3. The summed E-state index contributed by atoms with van der Waals surface area (Å²) in [5, 5.41) is 5.93. The SMILES string of the molecule is COc1cc(OC)c(OC)cc1CNC(=O)[C@H](C)NC(=O)C12CC3CC(CC(C3)C1)C2. The van der Waals surface area contributed by atoms with Crippen LogP contribution in [0.4, 0.5) is 0 Å². The number of benzene rings is 1. The van der Waals surface area contributed by atoms with Gasteiger partial charge in [0, 0.05) is 23.6 Å². The van der Waals surface area contributed by atoms with Crippen LogP contribution in [-0.4, -0.2) is 39.2 Å². The lowest BCUT2D eigenvalue weighted by atomic mass is 9.49. The number of methoxy groups -OCH3 is 3. The fraction of sp³-hybridized carbons (Fsp3) is 0.667. The van der Waals surface area contributed by atoms with Gasteiger partial charge < -0.3 is 24.8 Å². The molecule has 2 amide bonds. The van der Waals surface area contributed by atoms with Gasteiger partial charge >= 0.3 is 0 Å². The summed E-state index contributed by atoms with van der Waals surface area (Å²) in [5.41, 5.74) is 0.517. The summed E-state index contributed by atoms with van der Waals surface area (Å²) in [6.45, 7) is 2.01. The monoisotopic (exact) mass is 430 g/mol. The number of rotatable bonds is 8. The largest absolute Gasteiger partial charge is 0.496 e. The van der Waals surface area contributed by atoms with Crippen LogP contribution < -0.4 is 24.8 Å². The van der Waals surface area contributed by atoms with Crippen molar-refractivity contribution in [2.24, 2.45) is 23.2 Å². The van der Waals surface area contributed by atoms with E-state index in [2.05, 4.69) is 10.6 Å². The highest BCUT2D eigenvalue weighted by molar-refractivity contribution is 5.90. The first-order chi connectivity index (χ1) is 14.9. The Morgan fingerprint density at radius 2 is 1.45 bits per heavy atom. The molecular weight excluding hydrogens is 396 g/mol. The summed E-state index contributed by atoms with van der Waals surface area (Å²) in [6.07, 6.45) is 6.83. The molecule has 1 aromatic rings. The van der Waals surface area contributed by atoms with Gasteiger partial charge in [-0.2, -0.15) is 0 Å². The average molecular weight is 431 g/mol. The number of hydrogen-bond donors (Lipinski definition) is 2. The predicted octanol–water partition coefficient (Wildman–Crippen LogP) is 3.05. The third-order valence-electron chi connectivity index (χ3n) is 7.50. The highest BCUT2D eigenvalue weighted by atomic mass is 16.5. The Hall–Kier alpha value is -2.44. The molecule has 5 rings (SSSR count). The third kappa shape index (κ3) is 4.19. The van der Waals surface area contributed by atoms with Crippen molar-refractivity contribution in [2.45, 2.75) is 58.0 Å². The molecule has 170 valence electrons. The molecule has 0 aromatic heterocycles. The van der Waals surface area contributed by atoms with Gasteiger partial charge in [0.1, 0.15) is 11.8 Å². The molecule has 0 spiro atoms. The molecule has 1 atom stereocenters. The van der Waals surface area contributed by atoms with Gasteiger partial charge in [0.2, 0.25) is 11.8 Å². The van der Waals surface area contributed by atoms with E-state index in [0.717, 1.165) is 24.8 Å². The highest BCUT2D eigenvalue weighted by Crippen LogP contribution is 2.60. The van der Waals surface area contributed by atoms with Crippen LogP contribution in [0.3, 0.4) is 0 Å². The molecule has 1 aromatic carbocycles. The molecule has 2 N–H and O–H groups in total. The fourth-order valence-electron chi connectivity index (χ4n) is 6.37. The third-order valence-corrected chi connectivity index (χ3v) is 7.50. The van der Waals surface area contributed by atoms with E-state index in [9.17, 15) is 9.59 Å². The lowest BCUT2D eigenvalue weighted by Gasteiger charge is -2.55. The van der Waals surface area contributed by atoms with Crippen molar-refractivity contribution >= 4 is 11.8 Å². The van der Waals surface area contributed by atoms with E-state index in [4.69, 9.17) is 14.2 Å². The molecule has 4 aliphatic carbocycles. The second-order valence-electron chi connectivity index (χ2n) is 9.63. The number of amides is 2. The van der Waals surface area contributed by atoms with Gasteiger partial charge in [-0.1, -0.05) is 0 Å². The van der Waals surface area contributed by atoms with Crippen LogP contribution in [0.15, 0.2) is 12.1 Å². The maximum Gasteiger partial charge on any atom is 0.242 e. The van der Waals surface area contributed by atoms with E-state index in [-0.39, 0.29) is 23.8 Å². The Balaban J connectivity index is 1.37. The molecule has 4 aliphatic rings. The number of carbonyl (C=O) groups is 2. The van der Waals surface area contributed by atoms with Crippen LogP contribution >= 0.6 is 0 Å². The highest BCUT2D eigenvalue weighted by Gasteiger charge is 2.54. The normalized spacial score (nSPS) is 29.2. The molecular formula is C24H34N2O5. The zero-order chi connectivity index (χ0) is 22.2. The van der Waals surface area contributed by atoms with E-state index in [1.807, 2.05) is 0 Å². The summed E-state index contributed by atoms with van der Waals surface area (Å²) in [5.74, 6) is 3.66. The van der Waals surface area contributed by atoms with Crippen molar-refractivity contribution in [3.05, 3.63) is 17.7 Å². The lowest BCUT2D eigenvalue weighted by molar-refractivity contribution is -0.148. The van der Waals surface area contributed by atoms with Crippen molar-refractivity contribution in [1.29, 1.82) is 0 Å². The molecule has 31 heavy (non-hydrogen) atoms. The molecule has 4 fully saturated rings. The minimum Gasteiger partial charge on any atom is -0.496 e. The molecule has 0 heterocycles. The molecule has 0 aliphatic heterocycles. The zero-order valence-electron chi connectivity index (χ0n) is 19.0. The van der Waals surface area contributed by atoms with Crippen LogP contribution in [0.2, 0.25) is 0 Å². The van der Waals surface area contributed by atoms with Crippen LogP contribution in [0, 0.1) is 23.2 Å². The maximum atomic E-state index is 13.2. The molecule has 0 unspecified atom stereocenters. The van der Waals surface area contributed by atoms with E-state index in [1.165, 1.54) is 19.3 Å². The summed E-state index contributed by atoms with van der Waals surface area (Å²) >= 11 is 0. The minimum absolute atomic E-state index is 0.0675. The van der Waals surface area contributed by atoms with Crippen LogP contribution in [0.1, 0.15) is 51.0 Å². The van der Waals surface area contributed by atoms with Crippen molar-refractivity contribution in [3.8, 4) is 17.2 Å². The van der Waals surface area contributed by atoms with E-state index in [1.54, 1.807) is 40.4 Å². The topological polar surface area (TPSA) is 85.9 Å². The lowest BCUT2D eigenvalue weighted by Crippen LogP contribution is -2.56. The first kappa shape index (κ1) is 21.8. The summed E-state index contributed by atoms with van der Waals surface area (Å²) in [7, 11) is 4.70. The molecule has 0 saturated heterocycles. The summed E-state index contributed by atoms with van der Waals surface area (Å²) < 4.78 is 16.1. The second-order valence-corrected chi connectivity index (χ2v) is 9.63. The van der Waals surface area contributed by atoms with Gasteiger partial charge in [-0.3, -0.25) is 9.59 Å². The Bertz CT molecular complexity index is 817. The molecule has 7 nitrogen and oxygen atoms in total. The number of hydrogen-bond acceptors (Lipinski definition) is 5. The van der Waals surface area contributed by atoms with Crippen LogP contribution in [-0.2, 0) is 16.1 Å².